The van der Waals surface area contributed by atoms with E-state index in [-0.39, 0.29) is 0 Å². The lowest BCUT2D eigenvalue weighted by atomic mass is 9.99. The van der Waals surface area contributed by atoms with Gasteiger partial charge in [0, 0.05) is 54.6 Å². The number of nitrogens with zero attached hydrogens (tertiary/aromatic N) is 7. The average molecular weight is 882 g/mol. The molecular formula is C62H39N7. The predicted octanol–water partition coefficient (Wildman–Crippen LogP) is 15.2. The standard InChI is InChI=1S/C62H39N7/c1-3-20-40(21-4-1)59-64-60(41-22-5-2-6-23-41)66-61(65-59)43-25-19-24-42(38-43)57-56(67-50-32-13-7-26-44(50)45-27-8-14-33-51(45)67)39-63-62(69-54-36-17-11-30-48(54)49-31-12-18-37-55(49)69)58(57)68-52-34-15-9-28-46(52)47-29-10-16-35-53(47)68/h1-39H. The zero-order valence-corrected chi connectivity index (χ0v) is 37.1. The molecule has 0 N–H and O–H groups in total. The van der Waals surface area contributed by atoms with Crippen LogP contribution in [-0.2, 0) is 0 Å². The largest absolute Gasteiger partial charge is 0.307 e. The Morgan fingerprint density at radius 2 is 0.609 bits per heavy atom. The second-order valence-corrected chi connectivity index (χ2v) is 17.4. The molecule has 9 aromatic carbocycles. The maximum atomic E-state index is 5.71. The fraction of sp³-hybridized carbons (Fsp3) is 0. The minimum Gasteiger partial charge on any atom is -0.307 e. The molecule has 0 saturated heterocycles. The van der Waals surface area contributed by atoms with Crippen LogP contribution in [0.1, 0.15) is 0 Å². The Hall–Kier alpha value is -9.46. The van der Waals surface area contributed by atoms with Gasteiger partial charge in [-0.05, 0) is 48.0 Å². The molecule has 14 aromatic rings. The lowest BCUT2D eigenvalue weighted by molar-refractivity contribution is 1.01. The number of benzene rings is 9. The smallest absolute Gasteiger partial charge is 0.164 e. The van der Waals surface area contributed by atoms with Crippen LogP contribution < -0.4 is 0 Å². The van der Waals surface area contributed by atoms with E-state index in [1.807, 2.05) is 60.7 Å². The zero-order valence-electron chi connectivity index (χ0n) is 37.1. The van der Waals surface area contributed by atoms with Gasteiger partial charge in [0.2, 0.25) is 0 Å². The topological polar surface area (TPSA) is 66.3 Å². The Kier molecular flexibility index (Phi) is 8.75. The number of fused-ring (bicyclic) bond motifs is 9. The summed E-state index contributed by atoms with van der Waals surface area (Å²) in [5, 5.41) is 6.99. The van der Waals surface area contributed by atoms with E-state index in [0.29, 0.717) is 17.5 Å². The van der Waals surface area contributed by atoms with E-state index in [0.717, 1.165) is 99.7 Å². The van der Waals surface area contributed by atoms with Gasteiger partial charge in [-0.15, -0.1) is 0 Å². The molecule has 0 bridgehead atoms. The van der Waals surface area contributed by atoms with Crippen molar-refractivity contribution in [2.24, 2.45) is 0 Å². The quantitative estimate of drug-likeness (QED) is 0.160. The highest BCUT2D eigenvalue weighted by Gasteiger charge is 2.28. The summed E-state index contributed by atoms with van der Waals surface area (Å²) in [6, 6.07) is 81.2. The molecule has 322 valence electrons. The van der Waals surface area contributed by atoms with Gasteiger partial charge in [0.15, 0.2) is 23.3 Å². The van der Waals surface area contributed by atoms with Crippen molar-refractivity contribution >= 4 is 65.4 Å². The van der Waals surface area contributed by atoms with Gasteiger partial charge in [-0.3, -0.25) is 4.57 Å². The van der Waals surface area contributed by atoms with Crippen molar-refractivity contribution in [3.63, 3.8) is 0 Å². The summed E-state index contributed by atoms with van der Waals surface area (Å²) < 4.78 is 7.20. The average Bonchev–Trinajstić information content (AvgIpc) is 4.07. The van der Waals surface area contributed by atoms with Gasteiger partial charge in [0.1, 0.15) is 0 Å². The molecule has 0 amide bonds. The van der Waals surface area contributed by atoms with E-state index in [1.165, 1.54) is 10.8 Å². The second kappa shape index (κ2) is 15.6. The van der Waals surface area contributed by atoms with Gasteiger partial charge in [0.05, 0.1) is 50.7 Å². The number of hydrogen-bond donors (Lipinski definition) is 0. The molecule has 0 aliphatic carbocycles. The third kappa shape index (κ3) is 6.07. The Morgan fingerprint density at radius 3 is 1.04 bits per heavy atom. The number of pyridine rings is 1. The highest BCUT2D eigenvalue weighted by atomic mass is 15.1. The van der Waals surface area contributed by atoms with Crippen molar-refractivity contribution in [2.75, 3.05) is 0 Å². The second-order valence-electron chi connectivity index (χ2n) is 17.4. The number of para-hydroxylation sites is 6. The van der Waals surface area contributed by atoms with Crippen LogP contribution >= 0.6 is 0 Å². The van der Waals surface area contributed by atoms with Crippen LogP contribution in [0.2, 0.25) is 0 Å². The molecule has 0 spiro atoms. The minimum atomic E-state index is 0.582. The van der Waals surface area contributed by atoms with Gasteiger partial charge in [0.25, 0.3) is 0 Å². The molecular weight excluding hydrogens is 843 g/mol. The van der Waals surface area contributed by atoms with Crippen LogP contribution in [0.4, 0.5) is 0 Å². The summed E-state index contributed by atoms with van der Waals surface area (Å²) in [6.07, 6.45) is 2.08. The molecule has 69 heavy (non-hydrogen) atoms. The maximum absolute atomic E-state index is 5.71. The zero-order chi connectivity index (χ0) is 45.4. The third-order valence-electron chi connectivity index (χ3n) is 13.5. The molecule has 7 heteroatoms. The lowest BCUT2D eigenvalue weighted by Gasteiger charge is -2.23. The van der Waals surface area contributed by atoms with Gasteiger partial charge in [-0.2, -0.15) is 0 Å². The van der Waals surface area contributed by atoms with E-state index in [2.05, 4.69) is 190 Å². The van der Waals surface area contributed by atoms with Crippen LogP contribution in [0.25, 0.3) is 128 Å². The summed E-state index contributed by atoms with van der Waals surface area (Å²) in [7, 11) is 0. The van der Waals surface area contributed by atoms with Crippen LogP contribution in [0, 0.1) is 0 Å². The summed E-state index contributed by atoms with van der Waals surface area (Å²) in [5.41, 5.74) is 13.1. The van der Waals surface area contributed by atoms with Crippen molar-refractivity contribution in [1.82, 2.24) is 33.6 Å². The SMILES string of the molecule is c1ccc(-c2nc(-c3ccccc3)nc(-c3cccc(-c4c(-n5c6ccccc6c6ccccc65)cnc(-n5c6ccccc6c6ccccc65)c4-n4c5ccccc5c5ccccc54)c3)n2)cc1. The molecule has 7 nitrogen and oxygen atoms in total. The summed E-state index contributed by atoms with van der Waals surface area (Å²) in [6.45, 7) is 0. The van der Waals surface area contributed by atoms with Crippen LogP contribution in [0.5, 0.6) is 0 Å². The molecule has 0 unspecified atom stereocenters. The molecule has 0 aliphatic heterocycles. The van der Waals surface area contributed by atoms with Crippen LogP contribution in [0.3, 0.4) is 0 Å². The molecule has 0 radical (unpaired) electrons. The Labute approximate surface area is 396 Å². The van der Waals surface area contributed by atoms with Crippen LogP contribution in [-0.4, -0.2) is 33.6 Å². The monoisotopic (exact) mass is 881 g/mol. The Balaban J connectivity index is 1.16. The first kappa shape index (κ1) is 38.8. The molecule has 0 fully saturated rings. The van der Waals surface area contributed by atoms with E-state index in [1.54, 1.807) is 0 Å². The molecule has 0 atom stereocenters. The molecule has 0 aliphatic rings. The first-order chi connectivity index (χ1) is 34.3. The van der Waals surface area contributed by atoms with E-state index < -0.39 is 0 Å². The summed E-state index contributed by atoms with van der Waals surface area (Å²) >= 11 is 0. The normalized spacial score (nSPS) is 11.8. The van der Waals surface area contributed by atoms with Crippen molar-refractivity contribution in [3.05, 3.63) is 237 Å². The minimum absolute atomic E-state index is 0.582. The lowest BCUT2D eigenvalue weighted by Crippen LogP contribution is -2.11. The molecule has 5 aromatic heterocycles. The van der Waals surface area contributed by atoms with Crippen molar-refractivity contribution < 1.29 is 0 Å². The van der Waals surface area contributed by atoms with Gasteiger partial charge in [-0.25, -0.2) is 19.9 Å². The number of hydrogen-bond acceptors (Lipinski definition) is 4. The van der Waals surface area contributed by atoms with Crippen LogP contribution in [0.15, 0.2) is 237 Å². The Bertz CT molecular complexity index is 4100. The predicted molar refractivity (Wildman–Crippen MR) is 282 cm³/mol. The van der Waals surface area contributed by atoms with Gasteiger partial charge < -0.3 is 9.13 Å². The van der Waals surface area contributed by atoms with Crippen molar-refractivity contribution in [3.8, 4) is 62.5 Å². The first-order valence-corrected chi connectivity index (χ1v) is 23.2. The fourth-order valence-corrected chi connectivity index (χ4v) is 10.6. The number of rotatable bonds is 7. The number of aromatic nitrogens is 7. The van der Waals surface area contributed by atoms with E-state index >= 15 is 0 Å². The molecule has 14 rings (SSSR count). The molecule has 5 heterocycles. The highest BCUT2D eigenvalue weighted by molar-refractivity contribution is 6.14. The summed E-state index contributed by atoms with van der Waals surface area (Å²) in [4.78, 5) is 21.2. The summed E-state index contributed by atoms with van der Waals surface area (Å²) in [5.74, 6) is 2.61. The molecule has 0 saturated carbocycles. The first-order valence-electron chi connectivity index (χ1n) is 23.2. The van der Waals surface area contributed by atoms with E-state index in [9.17, 15) is 0 Å². The van der Waals surface area contributed by atoms with Gasteiger partial charge in [-0.1, -0.05) is 188 Å². The van der Waals surface area contributed by atoms with Gasteiger partial charge >= 0.3 is 0 Å². The van der Waals surface area contributed by atoms with E-state index in [4.69, 9.17) is 19.9 Å². The van der Waals surface area contributed by atoms with Crippen molar-refractivity contribution in [2.45, 2.75) is 0 Å². The maximum Gasteiger partial charge on any atom is 0.164 e. The fourth-order valence-electron chi connectivity index (χ4n) is 10.6. The Morgan fingerprint density at radius 1 is 0.275 bits per heavy atom. The highest BCUT2D eigenvalue weighted by Crippen LogP contribution is 2.46. The third-order valence-corrected chi connectivity index (χ3v) is 13.5. The van der Waals surface area contributed by atoms with Crippen molar-refractivity contribution in [1.29, 1.82) is 0 Å².